The van der Waals surface area contributed by atoms with Gasteiger partial charge in [0.2, 0.25) is 0 Å². The van der Waals surface area contributed by atoms with E-state index < -0.39 is 6.10 Å². The fourth-order valence-electron chi connectivity index (χ4n) is 1.31. The molecule has 15 heavy (non-hydrogen) atoms. The lowest BCUT2D eigenvalue weighted by Gasteiger charge is -2.17. The Balaban J connectivity index is 2.54. The summed E-state index contributed by atoms with van der Waals surface area (Å²) in [7, 11) is 0. The standard InChI is InChI=1S/C11H16ClNO2/c1-8(13-6-9(15)7-14)10-4-2-3-5-11(10)12/h2-5,8-9,13-15H,6-7H2,1H3/t8-,9?/m1/s1. The molecule has 3 nitrogen and oxygen atoms in total. The molecule has 3 N–H and O–H groups in total. The Bertz CT molecular complexity index is 306. The fraction of sp³-hybridized carbons (Fsp3) is 0.455. The molecule has 0 fully saturated rings. The monoisotopic (exact) mass is 229 g/mol. The third kappa shape index (κ3) is 3.80. The van der Waals surface area contributed by atoms with Crippen molar-refractivity contribution in [1.82, 2.24) is 5.32 Å². The normalized spacial score (nSPS) is 14.9. The van der Waals surface area contributed by atoms with Crippen molar-refractivity contribution in [3.05, 3.63) is 34.9 Å². The van der Waals surface area contributed by atoms with Crippen molar-refractivity contribution in [3.63, 3.8) is 0 Å². The Kier molecular flexibility index (Phi) is 5.05. The lowest BCUT2D eigenvalue weighted by atomic mass is 10.1. The van der Waals surface area contributed by atoms with Crippen molar-refractivity contribution in [3.8, 4) is 0 Å². The SMILES string of the molecule is C[C@@H](NCC(O)CO)c1ccccc1Cl. The minimum absolute atomic E-state index is 0.0555. The molecular weight excluding hydrogens is 214 g/mol. The van der Waals surface area contributed by atoms with Gasteiger partial charge < -0.3 is 15.5 Å². The van der Waals surface area contributed by atoms with E-state index in [1.807, 2.05) is 31.2 Å². The summed E-state index contributed by atoms with van der Waals surface area (Å²) >= 11 is 6.02. The molecule has 0 aliphatic heterocycles. The van der Waals surface area contributed by atoms with E-state index >= 15 is 0 Å². The fourth-order valence-corrected chi connectivity index (χ4v) is 1.61. The quantitative estimate of drug-likeness (QED) is 0.715. The van der Waals surface area contributed by atoms with Gasteiger partial charge in [0.25, 0.3) is 0 Å². The molecule has 1 unspecified atom stereocenters. The number of hydrogen-bond donors (Lipinski definition) is 3. The first kappa shape index (κ1) is 12.5. The van der Waals surface area contributed by atoms with Crippen molar-refractivity contribution in [2.75, 3.05) is 13.2 Å². The van der Waals surface area contributed by atoms with Gasteiger partial charge in [0.05, 0.1) is 12.7 Å². The van der Waals surface area contributed by atoms with Crippen LogP contribution in [0.4, 0.5) is 0 Å². The molecular formula is C11H16ClNO2. The second kappa shape index (κ2) is 6.08. The summed E-state index contributed by atoms with van der Waals surface area (Å²) in [5, 5.41) is 21.6. The highest BCUT2D eigenvalue weighted by molar-refractivity contribution is 6.31. The van der Waals surface area contributed by atoms with Crippen molar-refractivity contribution >= 4 is 11.6 Å². The first-order valence-corrected chi connectivity index (χ1v) is 5.29. The minimum atomic E-state index is -0.727. The number of aliphatic hydroxyl groups excluding tert-OH is 2. The Morgan fingerprint density at radius 1 is 1.40 bits per heavy atom. The highest BCUT2D eigenvalue weighted by Gasteiger charge is 2.10. The van der Waals surface area contributed by atoms with E-state index in [9.17, 15) is 5.11 Å². The van der Waals surface area contributed by atoms with E-state index in [0.717, 1.165) is 5.56 Å². The molecule has 0 bridgehead atoms. The number of halogens is 1. The summed E-state index contributed by atoms with van der Waals surface area (Å²) in [6.45, 7) is 2.08. The van der Waals surface area contributed by atoms with Crippen LogP contribution in [0.25, 0.3) is 0 Å². The number of hydrogen-bond acceptors (Lipinski definition) is 3. The van der Waals surface area contributed by atoms with Crippen molar-refractivity contribution in [2.24, 2.45) is 0 Å². The second-order valence-electron chi connectivity index (χ2n) is 3.49. The van der Waals surface area contributed by atoms with Crippen molar-refractivity contribution < 1.29 is 10.2 Å². The largest absolute Gasteiger partial charge is 0.394 e. The molecule has 2 atom stereocenters. The average molecular weight is 230 g/mol. The summed E-state index contributed by atoms with van der Waals surface area (Å²) < 4.78 is 0. The van der Waals surface area contributed by atoms with E-state index in [4.69, 9.17) is 16.7 Å². The van der Waals surface area contributed by atoms with Gasteiger partial charge in [-0.3, -0.25) is 0 Å². The highest BCUT2D eigenvalue weighted by atomic mass is 35.5. The van der Waals surface area contributed by atoms with E-state index in [2.05, 4.69) is 5.32 Å². The molecule has 0 radical (unpaired) electrons. The summed E-state index contributed by atoms with van der Waals surface area (Å²) in [5.74, 6) is 0. The van der Waals surface area contributed by atoms with E-state index in [1.165, 1.54) is 0 Å². The van der Waals surface area contributed by atoms with Gasteiger partial charge in [-0.2, -0.15) is 0 Å². The van der Waals surface area contributed by atoms with Gasteiger partial charge in [0.1, 0.15) is 0 Å². The molecule has 1 aromatic carbocycles. The second-order valence-corrected chi connectivity index (χ2v) is 3.90. The summed E-state index contributed by atoms with van der Waals surface area (Å²) in [4.78, 5) is 0. The van der Waals surface area contributed by atoms with Crippen LogP contribution in [0.5, 0.6) is 0 Å². The highest BCUT2D eigenvalue weighted by Crippen LogP contribution is 2.21. The topological polar surface area (TPSA) is 52.5 Å². The van der Waals surface area contributed by atoms with Crippen LogP contribution in [0.15, 0.2) is 24.3 Å². The van der Waals surface area contributed by atoms with Crippen LogP contribution in [0.2, 0.25) is 5.02 Å². The van der Waals surface area contributed by atoms with Crippen molar-refractivity contribution in [1.29, 1.82) is 0 Å². The number of rotatable bonds is 5. The van der Waals surface area contributed by atoms with Gasteiger partial charge in [-0.15, -0.1) is 0 Å². The van der Waals surface area contributed by atoms with Crippen LogP contribution in [0.1, 0.15) is 18.5 Å². The van der Waals surface area contributed by atoms with E-state index in [0.29, 0.717) is 11.6 Å². The number of nitrogens with one attached hydrogen (secondary N) is 1. The third-order valence-corrected chi connectivity index (χ3v) is 2.59. The van der Waals surface area contributed by atoms with Gasteiger partial charge in [0.15, 0.2) is 0 Å². The van der Waals surface area contributed by atoms with Gasteiger partial charge in [0, 0.05) is 17.6 Å². The van der Waals surface area contributed by atoms with Gasteiger partial charge in [-0.1, -0.05) is 29.8 Å². The van der Waals surface area contributed by atoms with Crippen LogP contribution < -0.4 is 5.32 Å². The molecule has 0 saturated heterocycles. The van der Waals surface area contributed by atoms with Crippen LogP contribution in [-0.2, 0) is 0 Å². The van der Waals surface area contributed by atoms with Gasteiger partial charge >= 0.3 is 0 Å². The molecule has 0 aliphatic carbocycles. The average Bonchev–Trinajstić information content (AvgIpc) is 2.26. The maximum Gasteiger partial charge on any atom is 0.0895 e. The van der Waals surface area contributed by atoms with Crippen molar-refractivity contribution in [2.45, 2.75) is 19.1 Å². The molecule has 1 aromatic rings. The maximum absolute atomic E-state index is 9.18. The molecule has 0 aromatic heterocycles. The molecule has 84 valence electrons. The molecule has 0 amide bonds. The maximum atomic E-state index is 9.18. The van der Waals surface area contributed by atoms with Gasteiger partial charge in [-0.25, -0.2) is 0 Å². The predicted molar refractivity (Wildman–Crippen MR) is 61.0 cm³/mol. The Morgan fingerprint density at radius 3 is 2.67 bits per heavy atom. The number of benzene rings is 1. The lowest BCUT2D eigenvalue weighted by Crippen LogP contribution is -2.31. The van der Waals surface area contributed by atoms with E-state index in [-0.39, 0.29) is 12.6 Å². The molecule has 1 rings (SSSR count). The zero-order valence-corrected chi connectivity index (χ0v) is 9.41. The molecule has 4 heteroatoms. The molecule has 0 aliphatic rings. The lowest BCUT2D eigenvalue weighted by molar-refractivity contribution is 0.0924. The summed E-state index contributed by atoms with van der Waals surface area (Å²) in [6, 6.07) is 7.62. The third-order valence-electron chi connectivity index (χ3n) is 2.24. The van der Waals surface area contributed by atoms with Crippen LogP contribution in [0.3, 0.4) is 0 Å². The Labute approximate surface area is 94.7 Å². The molecule has 0 saturated carbocycles. The zero-order chi connectivity index (χ0) is 11.3. The first-order valence-electron chi connectivity index (χ1n) is 4.92. The first-order chi connectivity index (χ1) is 7.15. The summed E-state index contributed by atoms with van der Waals surface area (Å²) in [6.07, 6.45) is -0.727. The number of aliphatic hydroxyl groups is 2. The van der Waals surface area contributed by atoms with E-state index in [1.54, 1.807) is 0 Å². The van der Waals surface area contributed by atoms with Crippen LogP contribution >= 0.6 is 11.6 Å². The zero-order valence-electron chi connectivity index (χ0n) is 8.65. The summed E-state index contributed by atoms with van der Waals surface area (Å²) in [5.41, 5.74) is 0.990. The Hall–Kier alpha value is -0.610. The smallest absolute Gasteiger partial charge is 0.0895 e. The predicted octanol–water partition coefficient (Wildman–Crippen LogP) is 1.34. The van der Waals surface area contributed by atoms with Crippen LogP contribution in [0, 0.1) is 0 Å². The molecule has 0 spiro atoms. The molecule has 0 heterocycles. The Morgan fingerprint density at radius 2 is 2.07 bits per heavy atom. The minimum Gasteiger partial charge on any atom is -0.394 e. The van der Waals surface area contributed by atoms with Gasteiger partial charge in [-0.05, 0) is 18.6 Å². The van der Waals surface area contributed by atoms with Crippen LogP contribution in [-0.4, -0.2) is 29.5 Å².